The van der Waals surface area contributed by atoms with Gasteiger partial charge in [0.05, 0.1) is 22.5 Å². The Balaban J connectivity index is 2.52. The van der Waals surface area contributed by atoms with Gasteiger partial charge in [-0.05, 0) is 49.1 Å². The van der Waals surface area contributed by atoms with Crippen LogP contribution in [0.5, 0.6) is 0 Å². The van der Waals surface area contributed by atoms with Gasteiger partial charge in [-0.1, -0.05) is 49.7 Å². The van der Waals surface area contributed by atoms with Crippen LogP contribution in [0.4, 0.5) is 18.9 Å². The van der Waals surface area contributed by atoms with E-state index in [1.54, 1.807) is 19.1 Å². The van der Waals surface area contributed by atoms with Gasteiger partial charge in [-0.25, -0.2) is 8.42 Å². The van der Waals surface area contributed by atoms with Crippen molar-refractivity contribution >= 4 is 39.1 Å². The summed E-state index contributed by atoms with van der Waals surface area (Å²) in [5, 5.41) is 2.16. The molecule has 7 nitrogen and oxygen atoms in total. The summed E-state index contributed by atoms with van der Waals surface area (Å²) >= 11 is 5.69. The second-order valence-corrected chi connectivity index (χ2v) is 10.9. The van der Waals surface area contributed by atoms with E-state index in [-0.39, 0.29) is 18.7 Å². The molecule has 0 unspecified atom stereocenters. The molecular weight excluding hydrogens is 531 g/mol. The molecule has 2 rings (SSSR count). The minimum atomic E-state index is -4.83. The highest BCUT2D eigenvalue weighted by atomic mass is 35.5. The summed E-state index contributed by atoms with van der Waals surface area (Å²) in [5.74, 6) is -1.14. The van der Waals surface area contributed by atoms with Gasteiger partial charge in [-0.2, -0.15) is 13.2 Å². The van der Waals surface area contributed by atoms with Crippen LogP contribution < -0.4 is 9.62 Å². The Morgan fingerprint density at radius 3 is 2.30 bits per heavy atom. The minimum Gasteiger partial charge on any atom is -0.354 e. The SMILES string of the molecule is CCCNC(=O)[C@@H](CC)N(Cc1ccccc1C)C(=O)CN(c1ccc(Cl)c(C(F)(F)F)c1)S(C)(=O)=O. The quantitative estimate of drug-likeness (QED) is 0.428. The Bertz CT molecular complexity index is 1220. The second-order valence-electron chi connectivity index (χ2n) is 8.59. The van der Waals surface area contributed by atoms with Crippen LogP contribution in [0.2, 0.25) is 5.02 Å². The number of hydrogen-bond acceptors (Lipinski definition) is 4. The Kier molecular flexibility index (Phi) is 10.4. The molecule has 0 bridgehead atoms. The zero-order valence-corrected chi connectivity index (χ0v) is 22.7. The average molecular weight is 562 g/mol. The highest BCUT2D eigenvalue weighted by Gasteiger charge is 2.36. The number of halogens is 4. The molecular formula is C25H31ClF3N3O4S. The van der Waals surface area contributed by atoms with E-state index < -0.39 is 51.2 Å². The van der Waals surface area contributed by atoms with E-state index >= 15 is 0 Å². The summed E-state index contributed by atoms with van der Waals surface area (Å²) in [6, 6.07) is 8.92. The third-order valence-electron chi connectivity index (χ3n) is 5.76. The maximum Gasteiger partial charge on any atom is 0.417 e. The minimum absolute atomic E-state index is 0.00950. The lowest BCUT2D eigenvalue weighted by atomic mass is 10.1. The van der Waals surface area contributed by atoms with E-state index in [1.165, 1.54) is 4.90 Å². The standard InChI is InChI=1S/C25H31ClF3N3O4S/c1-5-13-30-24(34)22(6-2)31(15-18-10-8-7-9-17(18)3)23(33)16-32(37(4,35)36)19-11-12-21(26)20(14-19)25(27,28)29/h7-12,14,22H,5-6,13,15-16H2,1-4H3,(H,30,34)/t22-/m1/s1. The molecule has 0 saturated carbocycles. The van der Waals surface area contributed by atoms with E-state index in [0.29, 0.717) is 23.3 Å². The van der Waals surface area contributed by atoms with Crippen LogP contribution in [0.25, 0.3) is 0 Å². The van der Waals surface area contributed by atoms with Gasteiger partial charge in [-0.15, -0.1) is 0 Å². The van der Waals surface area contributed by atoms with Gasteiger partial charge in [0.2, 0.25) is 21.8 Å². The highest BCUT2D eigenvalue weighted by Crippen LogP contribution is 2.37. The normalized spacial score (nSPS) is 12.6. The van der Waals surface area contributed by atoms with Crippen LogP contribution in [0.1, 0.15) is 43.4 Å². The van der Waals surface area contributed by atoms with E-state index in [9.17, 15) is 31.2 Å². The Hall–Kier alpha value is -2.79. The van der Waals surface area contributed by atoms with Gasteiger partial charge in [0.1, 0.15) is 12.6 Å². The maximum absolute atomic E-state index is 13.6. The van der Waals surface area contributed by atoms with Crippen LogP contribution in [0, 0.1) is 6.92 Å². The number of nitrogens with one attached hydrogen (secondary N) is 1. The molecule has 2 aromatic rings. The third-order valence-corrected chi connectivity index (χ3v) is 7.23. The number of sulfonamides is 1. The smallest absolute Gasteiger partial charge is 0.354 e. The van der Waals surface area contributed by atoms with Gasteiger partial charge in [0, 0.05) is 13.1 Å². The van der Waals surface area contributed by atoms with E-state index in [2.05, 4.69) is 5.32 Å². The molecule has 0 spiro atoms. The first-order chi connectivity index (χ1) is 17.2. The van der Waals surface area contributed by atoms with Crippen molar-refractivity contribution in [2.45, 2.75) is 52.4 Å². The predicted octanol–water partition coefficient (Wildman–Crippen LogP) is 4.77. The Morgan fingerprint density at radius 1 is 1.11 bits per heavy atom. The number of carbonyl (C=O) groups is 2. The molecule has 2 amide bonds. The first-order valence-corrected chi connectivity index (χ1v) is 13.9. The molecule has 37 heavy (non-hydrogen) atoms. The number of alkyl halides is 3. The number of nitrogens with zero attached hydrogens (tertiary/aromatic N) is 2. The molecule has 0 heterocycles. The van der Waals surface area contributed by atoms with Gasteiger partial charge in [0.25, 0.3) is 0 Å². The van der Waals surface area contributed by atoms with Gasteiger partial charge in [-0.3, -0.25) is 13.9 Å². The fraction of sp³-hybridized carbons (Fsp3) is 0.440. The molecule has 0 aliphatic heterocycles. The Labute approximate surface area is 220 Å². The predicted molar refractivity (Wildman–Crippen MR) is 138 cm³/mol. The largest absolute Gasteiger partial charge is 0.417 e. The van der Waals surface area contributed by atoms with E-state index in [1.807, 2.05) is 26.0 Å². The molecule has 0 aliphatic carbocycles. The number of rotatable bonds is 11. The molecule has 0 radical (unpaired) electrons. The van der Waals surface area contributed by atoms with Crippen molar-refractivity contribution in [2.75, 3.05) is 23.7 Å². The first kappa shape index (κ1) is 30.4. The number of aryl methyl sites for hydroxylation is 1. The zero-order valence-electron chi connectivity index (χ0n) is 21.1. The number of anilines is 1. The molecule has 1 N–H and O–H groups in total. The summed E-state index contributed by atoms with van der Waals surface area (Å²) < 4.78 is 66.1. The lowest BCUT2D eigenvalue weighted by Gasteiger charge is -2.33. The molecule has 0 aromatic heterocycles. The van der Waals surface area contributed by atoms with Crippen LogP contribution in [0.15, 0.2) is 42.5 Å². The molecule has 0 saturated heterocycles. The summed E-state index contributed by atoms with van der Waals surface area (Å²) in [6.45, 7) is 5.03. The topological polar surface area (TPSA) is 86.8 Å². The first-order valence-electron chi connectivity index (χ1n) is 11.7. The summed E-state index contributed by atoms with van der Waals surface area (Å²) in [4.78, 5) is 27.8. The van der Waals surface area contributed by atoms with Crippen molar-refractivity contribution in [2.24, 2.45) is 0 Å². The molecule has 12 heteroatoms. The third kappa shape index (κ3) is 8.10. The maximum atomic E-state index is 13.6. The number of benzene rings is 2. The van der Waals surface area contributed by atoms with Crippen molar-refractivity contribution in [1.82, 2.24) is 10.2 Å². The monoisotopic (exact) mass is 561 g/mol. The molecule has 0 aliphatic rings. The zero-order chi connectivity index (χ0) is 28.0. The van der Waals surface area contributed by atoms with Gasteiger partial charge >= 0.3 is 6.18 Å². The fourth-order valence-corrected chi connectivity index (χ4v) is 4.82. The van der Waals surface area contributed by atoms with Crippen molar-refractivity contribution in [3.05, 3.63) is 64.2 Å². The number of carbonyl (C=O) groups excluding carboxylic acids is 2. The number of amides is 2. The highest BCUT2D eigenvalue weighted by molar-refractivity contribution is 7.92. The summed E-state index contributed by atoms with van der Waals surface area (Å²) in [7, 11) is -4.19. The fourth-order valence-electron chi connectivity index (χ4n) is 3.76. The van der Waals surface area contributed by atoms with Crippen LogP contribution in [-0.2, 0) is 32.3 Å². The lowest BCUT2D eigenvalue weighted by molar-refractivity contribution is -0.140. The Morgan fingerprint density at radius 2 is 1.76 bits per heavy atom. The number of hydrogen-bond donors (Lipinski definition) is 1. The van der Waals surface area contributed by atoms with Crippen LogP contribution in [-0.4, -0.2) is 50.5 Å². The van der Waals surface area contributed by atoms with Crippen LogP contribution >= 0.6 is 11.6 Å². The van der Waals surface area contributed by atoms with Gasteiger partial charge in [0.15, 0.2) is 0 Å². The lowest BCUT2D eigenvalue weighted by Crippen LogP contribution is -2.52. The van der Waals surface area contributed by atoms with Crippen molar-refractivity contribution in [3.63, 3.8) is 0 Å². The molecule has 204 valence electrons. The van der Waals surface area contributed by atoms with E-state index in [4.69, 9.17) is 11.6 Å². The van der Waals surface area contributed by atoms with Crippen LogP contribution in [0.3, 0.4) is 0 Å². The molecule has 0 fully saturated rings. The van der Waals surface area contributed by atoms with Crippen molar-refractivity contribution in [1.29, 1.82) is 0 Å². The second kappa shape index (κ2) is 12.6. The summed E-state index contributed by atoms with van der Waals surface area (Å²) in [5.41, 5.74) is 0.00719. The molecule has 2 aromatic carbocycles. The van der Waals surface area contributed by atoms with Crippen molar-refractivity contribution < 1.29 is 31.2 Å². The van der Waals surface area contributed by atoms with E-state index in [0.717, 1.165) is 29.5 Å². The average Bonchev–Trinajstić information content (AvgIpc) is 2.81. The van der Waals surface area contributed by atoms with Crippen molar-refractivity contribution in [3.8, 4) is 0 Å². The van der Waals surface area contributed by atoms with Gasteiger partial charge < -0.3 is 10.2 Å². The summed E-state index contributed by atoms with van der Waals surface area (Å²) in [6.07, 6.45) is -3.13. The molecule has 1 atom stereocenters.